The fourth-order valence-electron chi connectivity index (χ4n) is 3.66. The second kappa shape index (κ2) is 7.22. The molecule has 25 heavy (non-hydrogen) atoms. The molecule has 1 saturated heterocycles. The van der Waals surface area contributed by atoms with Crippen molar-refractivity contribution in [2.75, 3.05) is 19.8 Å². The van der Waals surface area contributed by atoms with Gasteiger partial charge in [0.25, 0.3) is 5.92 Å². The van der Waals surface area contributed by atoms with Crippen LogP contribution in [-0.4, -0.2) is 41.7 Å². The van der Waals surface area contributed by atoms with Crippen molar-refractivity contribution >= 4 is 5.78 Å². The lowest BCUT2D eigenvalue weighted by Gasteiger charge is -2.37. The summed E-state index contributed by atoms with van der Waals surface area (Å²) in [4.78, 5) is 14.3. The highest BCUT2D eigenvalue weighted by Gasteiger charge is 2.38. The number of hydrogen-bond acceptors (Lipinski definition) is 4. The van der Waals surface area contributed by atoms with Gasteiger partial charge in [-0.1, -0.05) is 18.2 Å². The molecular formula is C19H23F2NO3. The first kappa shape index (κ1) is 18.0. The molecule has 2 atom stereocenters. The van der Waals surface area contributed by atoms with E-state index in [4.69, 9.17) is 9.84 Å². The van der Waals surface area contributed by atoms with Gasteiger partial charge in [0.1, 0.15) is 6.61 Å². The van der Waals surface area contributed by atoms with Gasteiger partial charge in [0.05, 0.1) is 12.1 Å². The third-order valence-electron chi connectivity index (χ3n) is 5.17. The summed E-state index contributed by atoms with van der Waals surface area (Å²) < 4.78 is 33.0. The average Bonchev–Trinajstić information content (AvgIpc) is 3.03. The number of aliphatic hydroxyl groups excluding tert-OH is 1. The highest BCUT2D eigenvalue weighted by atomic mass is 19.3. The zero-order chi connectivity index (χ0) is 18.0. The number of aliphatic hydroxyl groups is 1. The van der Waals surface area contributed by atoms with Crippen molar-refractivity contribution in [3.63, 3.8) is 0 Å². The molecule has 6 heteroatoms. The summed E-state index contributed by atoms with van der Waals surface area (Å²) in [5.41, 5.74) is 0.485. The van der Waals surface area contributed by atoms with Crippen LogP contribution < -0.4 is 0 Å². The molecule has 2 aliphatic rings. The Morgan fingerprint density at radius 1 is 1.36 bits per heavy atom. The zero-order valence-corrected chi connectivity index (χ0v) is 14.2. The summed E-state index contributed by atoms with van der Waals surface area (Å²) in [5, 5.41) is 8.91. The predicted molar refractivity (Wildman–Crippen MR) is 89.2 cm³/mol. The van der Waals surface area contributed by atoms with E-state index in [1.807, 2.05) is 11.8 Å². The van der Waals surface area contributed by atoms with Crippen LogP contribution in [0, 0.1) is 5.92 Å². The number of ketones is 1. The molecule has 1 aromatic carbocycles. The quantitative estimate of drug-likeness (QED) is 0.886. The zero-order valence-electron chi connectivity index (χ0n) is 14.2. The van der Waals surface area contributed by atoms with Crippen molar-refractivity contribution in [1.29, 1.82) is 0 Å². The van der Waals surface area contributed by atoms with Crippen molar-refractivity contribution in [3.05, 3.63) is 47.7 Å². The van der Waals surface area contributed by atoms with Gasteiger partial charge >= 0.3 is 0 Å². The summed E-state index contributed by atoms with van der Waals surface area (Å²) in [6.07, 6.45) is 4.99. The minimum atomic E-state index is -3.27. The number of rotatable bonds is 5. The lowest BCUT2D eigenvalue weighted by atomic mass is 9.88. The van der Waals surface area contributed by atoms with Gasteiger partial charge in [-0.25, -0.2) is 0 Å². The average molecular weight is 351 g/mol. The Balaban J connectivity index is 1.84. The largest absolute Gasteiger partial charge is 0.390 e. The smallest absolute Gasteiger partial charge is 0.295 e. The molecule has 0 aliphatic carbocycles. The molecule has 0 bridgehead atoms. The monoisotopic (exact) mass is 351 g/mol. The summed E-state index contributed by atoms with van der Waals surface area (Å²) in [5.74, 6) is -3.00. The van der Waals surface area contributed by atoms with Crippen LogP contribution in [0.1, 0.15) is 36.9 Å². The van der Waals surface area contributed by atoms with E-state index in [1.54, 1.807) is 24.4 Å². The maximum Gasteiger partial charge on any atom is 0.295 e. The maximum absolute atomic E-state index is 13.8. The first-order valence-electron chi connectivity index (χ1n) is 8.60. The first-order valence-corrected chi connectivity index (χ1v) is 8.60. The molecule has 2 aliphatic heterocycles. The van der Waals surface area contributed by atoms with Gasteiger partial charge in [0.15, 0.2) is 5.78 Å². The third kappa shape index (κ3) is 3.60. The number of alkyl halides is 2. The molecule has 1 N–H and O–H groups in total. The molecule has 1 unspecified atom stereocenters. The van der Waals surface area contributed by atoms with Crippen LogP contribution in [0.2, 0.25) is 0 Å². The normalized spacial score (nSPS) is 23.3. The van der Waals surface area contributed by atoms with Crippen LogP contribution in [0.4, 0.5) is 8.78 Å². The van der Waals surface area contributed by atoms with Gasteiger partial charge in [0.2, 0.25) is 0 Å². The van der Waals surface area contributed by atoms with Crippen LogP contribution in [0.5, 0.6) is 0 Å². The van der Waals surface area contributed by atoms with Gasteiger partial charge in [-0.2, -0.15) is 8.78 Å². The standard InChI is InChI=1S/C19H23F2NO3/c1-13(15-3-2-4-16(11-15)19(20,21)12-23)22-8-5-17(24)18(22)14-6-9-25-10-7-14/h2-5,8,11,13-14,18,23H,6-7,9-10,12H2,1H3/t13?,18-/m1/s1. The molecule has 0 saturated carbocycles. The molecule has 0 amide bonds. The molecule has 1 aromatic rings. The highest BCUT2D eigenvalue weighted by molar-refractivity contribution is 5.96. The van der Waals surface area contributed by atoms with E-state index in [9.17, 15) is 13.6 Å². The second-order valence-electron chi connectivity index (χ2n) is 6.72. The number of nitrogens with zero attached hydrogens (tertiary/aromatic N) is 1. The van der Waals surface area contributed by atoms with Crippen LogP contribution in [-0.2, 0) is 15.5 Å². The van der Waals surface area contributed by atoms with Crippen molar-refractivity contribution in [3.8, 4) is 0 Å². The molecule has 0 spiro atoms. The van der Waals surface area contributed by atoms with Crippen molar-refractivity contribution < 1.29 is 23.4 Å². The lowest BCUT2D eigenvalue weighted by molar-refractivity contribution is -0.120. The van der Waals surface area contributed by atoms with Gasteiger partial charge in [-0.15, -0.1) is 0 Å². The van der Waals surface area contributed by atoms with E-state index in [0.29, 0.717) is 18.8 Å². The molecule has 0 radical (unpaired) electrons. The van der Waals surface area contributed by atoms with E-state index in [-0.39, 0.29) is 29.3 Å². The summed E-state index contributed by atoms with van der Waals surface area (Å²) in [6, 6.07) is 5.59. The van der Waals surface area contributed by atoms with E-state index in [2.05, 4.69) is 0 Å². The van der Waals surface area contributed by atoms with Crippen LogP contribution in [0.3, 0.4) is 0 Å². The summed E-state index contributed by atoms with van der Waals surface area (Å²) in [7, 11) is 0. The van der Waals surface area contributed by atoms with Crippen molar-refractivity contribution in [2.24, 2.45) is 5.92 Å². The molecule has 4 nitrogen and oxygen atoms in total. The molecular weight excluding hydrogens is 328 g/mol. The number of hydrogen-bond donors (Lipinski definition) is 1. The molecule has 1 fully saturated rings. The van der Waals surface area contributed by atoms with Gasteiger partial charge < -0.3 is 14.7 Å². The Bertz CT molecular complexity index is 656. The Morgan fingerprint density at radius 2 is 2.08 bits per heavy atom. The minimum absolute atomic E-state index is 0.0654. The number of benzene rings is 1. The Labute approximate surface area is 146 Å². The Morgan fingerprint density at radius 3 is 2.76 bits per heavy atom. The number of carbonyl (C=O) groups excluding carboxylic acids is 1. The summed E-state index contributed by atoms with van der Waals surface area (Å²) >= 11 is 0. The van der Waals surface area contributed by atoms with Gasteiger partial charge in [-0.05, 0) is 43.4 Å². The van der Waals surface area contributed by atoms with Gasteiger partial charge in [-0.3, -0.25) is 4.79 Å². The SMILES string of the molecule is CC(c1cccc(C(F)(F)CO)c1)N1C=CC(=O)[C@H]1C1CCOCC1. The number of carbonyl (C=O) groups is 1. The van der Waals surface area contributed by atoms with E-state index in [0.717, 1.165) is 12.8 Å². The van der Waals surface area contributed by atoms with E-state index < -0.39 is 12.5 Å². The maximum atomic E-state index is 13.8. The number of halogens is 2. The van der Waals surface area contributed by atoms with Crippen LogP contribution >= 0.6 is 0 Å². The highest BCUT2D eigenvalue weighted by Crippen LogP contribution is 2.35. The topological polar surface area (TPSA) is 49.8 Å². The lowest BCUT2D eigenvalue weighted by Crippen LogP contribution is -2.42. The van der Waals surface area contributed by atoms with Crippen LogP contribution in [0.15, 0.2) is 36.5 Å². The fourth-order valence-corrected chi connectivity index (χ4v) is 3.66. The fraction of sp³-hybridized carbons (Fsp3) is 0.526. The first-order chi connectivity index (χ1) is 11.9. The van der Waals surface area contributed by atoms with Crippen molar-refractivity contribution in [1.82, 2.24) is 4.90 Å². The molecule has 0 aromatic heterocycles. The van der Waals surface area contributed by atoms with Crippen LogP contribution in [0.25, 0.3) is 0 Å². The minimum Gasteiger partial charge on any atom is -0.390 e. The predicted octanol–water partition coefficient (Wildman–Crippen LogP) is 3.03. The number of ether oxygens (including phenoxy) is 1. The van der Waals surface area contributed by atoms with E-state index in [1.165, 1.54) is 12.1 Å². The molecule has 2 heterocycles. The third-order valence-corrected chi connectivity index (χ3v) is 5.17. The van der Waals surface area contributed by atoms with Crippen molar-refractivity contribution in [2.45, 2.75) is 37.8 Å². The Hall–Kier alpha value is -1.79. The summed E-state index contributed by atoms with van der Waals surface area (Å²) in [6.45, 7) is 1.98. The van der Waals surface area contributed by atoms with Gasteiger partial charge in [0, 0.05) is 25.0 Å². The van der Waals surface area contributed by atoms with E-state index >= 15 is 0 Å². The molecule has 3 rings (SSSR count). The molecule has 136 valence electrons. The Kier molecular flexibility index (Phi) is 5.20. The second-order valence-corrected chi connectivity index (χ2v) is 6.72.